The van der Waals surface area contributed by atoms with Crippen molar-refractivity contribution in [3.63, 3.8) is 0 Å². The Morgan fingerprint density at radius 1 is 1.02 bits per heavy atom. The molecule has 0 saturated carbocycles. The molecule has 2 aromatic carbocycles. The Kier molecular flexibility index (Phi) is 10.0. The third-order valence-electron chi connectivity index (χ3n) is 6.99. The summed E-state index contributed by atoms with van der Waals surface area (Å²) in [7, 11) is 0.660. The van der Waals surface area contributed by atoms with Gasteiger partial charge in [0.2, 0.25) is 0 Å². The minimum absolute atomic E-state index is 0.223. The molecule has 0 aliphatic heterocycles. The Balaban J connectivity index is 1.89. The van der Waals surface area contributed by atoms with E-state index >= 15 is 4.39 Å². The maximum absolute atomic E-state index is 15.1. The van der Waals surface area contributed by atoms with Gasteiger partial charge >= 0.3 is 0 Å². The monoisotopic (exact) mass is 571 g/mol. The van der Waals surface area contributed by atoms with Crippen molar-refractivity contribution >= 4 is 54.0 Å². The van der Waals surface area contributed by atoms with E-state index in [0.29, 0.717) is 25.1 Å². The predicted molar refractivity (Wildman–Crippen MR) is 172 cm³/mol. The lowest BCUT2D eigenvalue weighted by Gasteiger charge is -2.19. The molecule has 2 heterocycles. The summed E-state index contributed by atoms with van der Waals surface area (Å²) in [4.78, 5) is 9.51. The van der Waals surface area contributed by atoms with Crippen LogP contribution in [0.3, 0.4) is 0 Å². The Morgan fingerprint density at radius 3 is 2.52 bits per heavy atom. The highest BCUT2D eigenvalue weighted by atomic mass is 35.5. The van der Waals surface area contributed by atoms with Crippen molar-refractivity contribution in [2.75, 3.05) is 6.16 Å². The SMILES string of the molecule is C/C(=C(/c1ccc2ncc(/C(C=N)=C/PCCC(C)C)cc2c1)c1ncccc1C(C)C)c1cc(Cl)ccc1F. The van der Waals surface area contributed by atoms with E-state index in [1.54, 1.807) is 18.3 Å². The summed E-state index contributed by atoms with van der Waals surface area (Å²) in [5.41, 5.74) is 7.55. The highest BCUT2D eigenvalue weighted by molar-refractivity contribution is 7.42. The Morgan fingerprint density at radius 2 is 1.80 bits per heavy atom. The van der Waals surface area contributed by atoms with Crippen molar-refractivity contribution in [1.82, 2.24) is 9.97 Å². The molecule has 0 bridgehead atoms. The number of aromatic nitrogens is 2. The quantitative estimate of drug-likeness (QED) is 0.0890. The average Bonchev–Trinajstić information content (AvgIpc) is 2.94. The molecule has 1 unspecified atom stereocenters. The highest BCUT2D eigenvalue weighted by Crippen LogP contribution is 2.37. The van der Waals surface area contributed by atoms with Gasteiger partial charge in [-0.3, -0.25) is 9.97 Å². The van der Waals surface area contributed by atoms with Crippen LogP contribution in [-0.2, 0) is 0 Å². The van der Waals surface area contributed by atoms with Crippen LogP contribution in [0.1, 0.15) is 74.9 Å². The number of benzene rings is 2. The number of pyridine rings is 2. The van der Waals surface area contributed by atoms with Crippen LogP contribution in [-0.4, -0.2) is 22.3 Å². The van der Waals surface area contributed by atoms with Crippen LogP contribution in [0.2, 0.25) is 5.02 Å². The molecular weight excluding hydrogens is 536 g/mol. The van der Waals surface area contributed by atoms with Crippen molar-refractivity contribution in [3.8, 4) is 0 Å². The van der Waals surface area contributed by atoms with Crippen LogP contribution in [0.5, 0.6) is 0 Å². The molecule has 4 rings (SSSR count). The standard InChI is InChI=1S/C34H36ClFN3P/c1-21(2)12-14-40-20-27(18-37)26-16-25-15-24(8-11-32(25)39-19-26)33(34-29(22(3)4)7-6-13-38-34)23(5)30-17-28(35)9-10-31(30)36/h6-11,13,15-22,37,40H,12,14H2,1-5H3/b27-20+,33-23+,37-18?. The number of hydrogen-bond acceptors (Lipinski definition) is 3. The Hall–Kier alpha value is -3.20. The molecule has 206 valence electrons. The Labute approximate surface area is 243 Å². The Bertz CT molecular complexity index is 1590. The van der Waals surface area contributed by atoms with Gasteiger partial charge in [-0.2, -0.15) is 0 Å². The molecule has 1 N–H and O–H groups in total. The summed E-state index contributed by atoms with van der Waals surface area (Å²) in [6, 6.07) is 16.9. The minimum atomic E-state index is -0.328. The molecule has 0 aliphatic carbocycles. The number of rotatable bonds is 10. The maximum atomic E-state index is 15.1. The van der Waals surface area contributed by atoms with Crippen LogP contribution in [0.4, 0.5) is 4.39 Å². The van der Waals surface area contributed by atoms with Crippen LogP contribution in [0, 0.1) is 17.1 Å². The van der Waals surface area contributed by atoms with Gasteiger partial charge in [-0.25, -0.2) is 4.39 Å². The summed E-state index contributed by atoms with van der Waals surface area (Å²) in [6.45, 7) is 10.7. The van der Waals surface area contributed by atoms with Crippen molar-refractivity contribution in [3.05, 3.63) is 112 Å². The second-order valence-electron chi connectivity index (χ2n) is 10.7. The molecule has 0 aliphatic rings. The zero-order chi connectivity index (χ0) is 28.8. The van der Waals surface area contributed by atoms with Crippen molar-refractivity contribution in [1.29, 1.82) is 5.41 Å². The van der Waals surface area contributed by atoms with Crippen LogP contribution in [0.25, 0.3) is 27.6 Å². The summed E-state index contributed by atoms with van der Waals surface area (Å²) in [6.07, 6.45) is 7.33. The fraction of sp³-hybridized carbons (Fsp3) is 0.265. The first-order valence-corrected chi connectivity index (χ1v) is 15.3. The lowest BCUT2D eigenvalue weighted by Crippen LogP contribution is -2.03. The third-order valence-corrected chi connectivity index (χ3v) is 8.32. The number of halogens is 2. The van der Waals surface area contributed by atoms with Crippen LogP contribution < -0.4 is 0 Å². The maximum Gasteiger partial charge on any atom is 0.130 e. The fourth-order valence-electron chi connectivity index (χ4n) is 4.75. The van der Waals surface area contributed by atoms with E-state index in [2.05, 4.69) is 51.7 Å². The third kappa shape index (κ3) is 6.92. The molecule has 0 radical (unpaired) electrons. The van der Waals surface area contributed by atoms with Gasteiger partial charge in [-0.05, 0) is 90.5 Å². The molecule has 0 spiro atoms. The molecule has 2 aromatic heterocycles. The van der Waals surface area contributed by atoms with Gasteiger partial charge in [0, 0.05) is 51.3 Å². The minimum Gasteiger partial charge on any atom is -0.308 e. The first-order valence-electron chi connectivity index (χ1n) is 13.7. The van der Waals surface area contributed by atoms with Gasteiger partial charge in [0.25, 0.3) is 0 Å². The largest absolute Gasteiger partial charge is 0.308 e. The topological polar surface area (TPSA) is 49.6 Å². The summed E-state index contributed by atoms with van der Waals surface area (Å²) < 4.78 is 15.1. The average molecular weight is 572 g/mol. The molecule has 0 amide bonds. The van der Waals surface area contributed by atoms with E-state index in [4.69, 9.17) is 27.0 Å². The normalized spacial score (nSPS) is 13.1. The van der Waals surface area contributed by atoms with Gasteiger partial charge in [-0.1, -0.05) is 65.8 Å². The second kappa shape index (κ2) is 13.4. The van der Waals surface area contributed by atoms with Crippen molar-refractivity contribution in [2.24, 2.45) is 5.92 Å². The summed E-state index contributed by atoms with van der Waals surface area (Å²) in [5.74, 6) is 2.72. The number of nitrogens with zero attached hydrogens (tertiary/aromatic N) is 2. The summed E-state index contributed by atoms with van der Waals surface area (Å²) in [5, 5.41) is 9.45. The van der Waals surface area contributed by atoms with Gasteiger partial charge in [-0.15, -0.1) is 0 Å². The molecule has 0 fully saturated rings. The number of hydrogen-bond donors (Lipinski definition) is 1. The lowest BCUT2D eigenvalue weighted by atomic mass is 9.87. The zero-order valence-corrected chi connectivity index (χ0v) is 25.5. The van der Waals surface area contributed by atoms with Gasteiger partial charge in [0.05, 0.1) is 11.2 Å². The van der Waals surface area contributed by atoms with Gasteiger partial charge in [0.15, 0.2) is 0 Å². The van der Waals surface area contributed by atoms with E-state index in [1.165, 1.54) is 18.7 Å². The summed E-state index contributed by atoms with van der Waals surface area (Å²) >= 11 is 6.30. The van der Waals surface area contributed by atoms with Crippen molar-refractivity contribution in [2.45, 2.75) is 47.0 Å². The first-order chi connectivity index (χ1) is 19.2. The van der Waals surface area contributed by atoms with Crippen LogP contribution >= 0.6 is 20.2 Å². The van der Waals surface area contributed by atoms with E-state index in [1.807, 2.05) is 31.3 Å². The first kappa shape index (κ1) is 29.8. The predicted octanol–water partition coefficient (Wildman–Crippen LogP) is 10.2. The van der Waals surface area contributed by atoms with E-state index in [-0.39, 0.29) is 11.7 Å². The smallest absolute Gasteiger partial charge is 0.130 e. The zero-order valence-electron chi connectivity index (χ0n) is 23.7. The molecule has 0 saturated heterocycles. The number of fused-ring (bicyclic) bond motifs is 1. The fourth-order valence-corrected chi connectivity index (χ4v) is 6.28. The molecule has 6 heteroatoms. The van der Waals surface area contributed by atoms with Crippen LogP contribution in [0.15, 0.2) is 72.8 Å². The molecular formula is C34H36ClFN3P. The van der Waals surface area contributed by atoms with E-state index in [0.717, 1.165) is 56.2 Å². The van der Waals surface area contributed by atoms with E-state index < -0.39 is 0 Å². The van der Waals surface area contributed by atoms with Crippen molar-refractivity contribution < 1.29 is 4.39 Å². The number of allylic oxidation sites excluding steroid dienone is 2. The molecule has 3 nitrogen and oxygen atoms in total. The second-order valence-corrected chi connectivity index (χ2v) is 12.4. The number of nitrogens with one attached hydrogen (secondary N) is 1. The highest BCUT2D eigenvalue weighted by Gasteiger charge is 2.20. The van der Waals surface area contributed by atoms with Gasteiger partial charge in [0.1, 0.15) is 5.82 Å². The van der Waals surface area contributed by atoms with Gasteiger partial charge < -0.3 is 5.41 Å². The lowest BCUT2D eigenvalue weighted by molar-refractivity contribution is 0.624. The van der Waals surface area contributed by atoms with E-state index in [9.17, 15) is 0 Å². The molecule has 40 heavy (non-hydrogen) atoms. The molecule has 4 aromatic rings. The molecule has 1 atom stereocenters.